The maximum atomic E-state index is 13.7. The van der Waals surface area contributed by atoms with Crippen LogP contribution in [0, 0.1) is 11.2 Å². The number of rotatable bonds is 5. The average Bonchev–Trinajstić information content (AvgIpc) is 3.53. The molecule has 1 aliphatic carbocycles. The lowest BCUT2D eigenvalue weighted by molar-refractivity contribution is -0.147. The fourth-order valence-corrected chi connectivity index (χ4v) is 7.27. The number of carbonyl (C=O) groups is 1. The van der Waals surface area contributed by atoms with E-state index in [4.69, 9.17) is 0 Å². The summed E-state index contributed by atoms with van der Waals surface area (Å²) in [5.74, 6) is -1.46. The summed E-state index contributed by atoms with van der Waals surface area (Å²) in [6.07, 6.45) is 3.16. The Morgan fingerprint density at radius 3 is 2.61 bits per heavy atom. The molecule has 2 fully saturated rings. The topological polar surface area (TPSA) is 95.7 Å². The van der Waals surface area contributed by atoms with Gasteiger partial charge in [-0.3, -0.25) is 4.79 Å². The van der Waals surface area contributed by atoms with Gasteiger partial charge in [-0.25, -0.2) is 21.9 Å². The number of hydrogen-bond donors (Lipinski definition) is 1. The van der Waals surface area contributed by atoms with Crippen LogP contribution in [0.1, 0.15) is 24.1 Å². The molecule has 8 nitrogen and oxygen atoms in total. The molecule has 11 heteroatoms. The number of benzene rings is 2. The van der Waals surface area contributed by atoms with Crippen LogP contribution in [-0.2, 0) is 21.2 Å². The monoisotopic (exact) mass is 540 g/mol. The van der Waals surface area contributed by atoms with Crippen molar-refractivity contribution < 1.29 is 27.1 Å². The molecule has 3 aromatic rings. The van der Waals surface area contributed by atoms with Gasteiger partial charge in [0.15, 0.2) is 0 Å². The first kappa shape index (κ1) is 24.7. The summed E-state index contributed by atoms with van der Waals surface area (Å²) in [5, 5.41) is 14.8. The van der Waals surface area contributed by atoms with E-state index in [9.17, 15) is 27.1 Å². The van der Waals surface area contributed by atoms with Gasteiger partial charge in [-0.15, -0.1) is 0 Å². The van der Waals surface area contributed by atoms with E-state index in [-0.39, 0.29) is 43.2 Å². The van der Waals surface area contributed by atoms with Crippen molar-refractivity contribution in [3.8, 4) is 5.69 Å². The smallest absolute Gasteiger partial charge is 0.315 e. The number of hydrogen-bond acceptors (Lipinski definition) is 5. The van der Waals surface area contributed by atoms with Gasteiger partial charge >= 0.3 is 5.97 Å². The van der Waals surface area contributed by atoms with E-state index < -0.39 is 27.6 Å². The van der Waals surface area contributed by atoms with E-state index in [0.29, 0.717) is 41.2 Å². The minimum absolute atomic E-state index is 0.0610. The van der Waals surface area contributed by atoms with Crippen molar-refractivity contribution in [2.45, 2.75) is 30.3 Å². The second-order valence-corrected chi connectivity index (χ2v) is 12.0. The number of fused-ring (bicyclic) bond motifs is 2. The van der Waals surface area contributed by atoms with Crippen LogP contribution < -0.4 is 4.90 Å². The second-order valence-electron chi connectivity index (χ2n) is 10.1. The van der Waals surface area contributed by atoms with Crippen molar-refractivity contribution in [2.75, 3.05) is 31.1 Å². The Hall–Kier alpha value is -3.57. The Balaban J connectivity index is 1.32. The van der Waals surface area contributed by atoms with E-state index in [1.165, 1.54) is 28.6 Å². The van der Waals surface area contributed by atoms with E-state index >= 15 is 0 Å². The van der Waals surface area contributed by atoms with Gasteiger partial charge in [0.2, 0.25) is 10.0 Å². The van der Waals surface area contributed by atoms with Gasteiger partial charge in [0, 0.05) is 31.9 Å². The van der Waals surface area contributed by atoms with Crippen molar-refractivity contribution in [3.63, 3.8) is 0 Å². The van der Waals surface area contributed by atoms with E-state index in [2.05, 4.69) is 5.10 Å². The molecular formula is C27H26F2N4O4S. The molecule has 3 heterocycles. The fraction of sp³-hybridized carbons (Fsp3) is 0.333. The van der Waals surface area contributed by atoms with Crippen molar-refractivity contribution in [3.05, 3.63) is 77.4 Å². The lowest BCUT2D eigenvalue weighted by Gasteiger charge is -2.43. The number of carboxylic acids is 1. The predicted molar refractivity (Wildman–Crippen MR) is 137 cm³/mol. The molecule has 38 heavy (non-hydrogen) atoms. The number of aromatic nitrogens is 2. The highest BCUT2D eigenvalue weighted by atomic mass is 32.2. The third kappa shape index (κ3) is 4.01. The maximum absolute atomic E-state index is 13.7. The van der Waals surface area contributed by atoms with Gasteiger partial charge < -0.3 is 10.0 Å². The van der Waals surface area contributed by atoms with Crippen LogP contribution in [0.4, 0.5) is 14.5 Å². The predicted octanol–water partition coefficient (Wildman–Crippen LogP) is 3.66. The Labute approximate surface area is 218 Å². The molecule has 2 aromatic carbocycles. The second kappa shape index (κ2) is 9.02. The number of aliphatic carboxylic acids is 1. The maximum Gasteiger partial charge on any atom is 0.315 e. The number of sulfonamides is 1. The molecule has 0 bridgehead atoms. The Bertz CT molecular complexity index is 1550. The number of anilines is 1. The lowest BCUT2D eigenvalue weighted by Crippen LogP contribution is -2.53. The molecule has 2 saturated heterocycles. The largest absolute Gasteiger partial charge is 0.481 e. The number of halogens is 2. The molecule has 2 atom stereocenters. The summed E-state index contributed by atoms with van der Waals surface area (Å²) in [4.78, 5) is 14.6. The van der Waals surface area contributed by atoms with Crippen LogP contribution in [-0.4, -0.2) is 65.9 Å². The first-order valence-electron chi connectivity index (χ1n) is 12.4. The SMILES string of the molecule is O=C(O)[C@]12Cc3cnn(-c4ccc(F)cc4)c3C=C1CCN(S(=O)(=O)c1cccc(N3CC[C@@H](F)C3)c1)C2. The zero-order valence-electron chi connectivity index (χ0n) is 20.4. The molecule has 0 spiro atoms. The van der Waals surface area contributed by atoms with Gasteiger partial charge in [0.25, 0.3) is 0 Å². The quantitative estimate of drug-likeness (QED) is 0.531. The Kier molecular flexibility index (Phi) is 5.88. The van der Waals surface area contributed by atoms with Crippen molar-refractivity contribution >= 4 is 27.8 Å². The minimum atomic E-state index is -4.00. The van der Waals surface area contributed by atoms with E-state index in [1.807, 2.05) is 4.90 Å². The Morgan fingerprint density at radius 2 is 1.89 bits per heavy atom. The standard InChI is InChI=1S/C27H26F2N4O4S/c28-20-4-6-22(7-5-20)33-25-12-19-8-11-32(17-27(19,26(34)35)14-18(25)15-30-33)38(36,37)24-3-1-2-23(13-24)31-10-9-21(29)16-31/h1-7,12-13,15,21H,8-11,14,16-17H2,(H,34,35)/t21-,27+/m1/s1. The minimum Gasteiger partial charge on any atom is -0.481 e. The van der Waals surface area contributed by atoms with Crippen molar-refractivity contribution in [1.82, 2.24) is 14.1 Å². The third-order valence-corrected chi connectivity index (χ3v) is 9.65. The molecule has 3 aliphatic rings. The van der Waals surface area contributed by atoms with Gasteiger partial charge in [0.1, 0.15) is 17.4 Å². The van der Waals surface area contributed by atoms with Crippen LogP contribution >= 0.6 is 0 Å². The van der Waals surface area contributed by atoms with Crippen molar-refractivity contribution in [2.24, 2.45) is 5.41 Å². The van der Waals surface area contributed by atoms with Gasteiger partial charge in [-0.05, 0) is 78.9 Å². The van der Waals surface area contributed by atoms with Crippen LogP contribution in [0.5, 0.6) is 0 Å². The summed E-state index contributed by atoms with van der Waals surface area (Å²) in [6.45, 7) is 0.651. The summed E-state index contributed by atoms with van der Waals surface area (Å²) in [5.41, 5.74) is 1.87. The highest BCUT2D eigenvalue weighted by Crippen LogP contribution is 2.45. The van der Waals surface area contributed by atoms with Gasteiger partial charge in [-0.1, -0.05) is 6.07 Å². The first-order valence-corrected chi connectivity index (χ1v) is 13.9. The first-order chi connectivity index (χ1) is 18.2. The highest BCUT2D eigenvalue weighted by molar-refractivity contribution is 7.89. The van der Waals surface area contributed by atoms with Gasteiger partial charge in [0.05, 0.1) is 22.5 Å². The summed E-state index contributed by atoms with van der Waals surface area (Å²) >= 11 is 0. The molecule has 0 amide bonds. The van der Waals surface area contributed by atoms with Crippen LogP contribution in [0.25, 0.3) is 11.8 Å². The molecule has 2 aliphatic heterocycles. The fourth-order valence-electron chi connectivity index (χ4n) is 5.73. The number of nitrogens with zero attached hydrogens (tertiary/aromatic N) is 4. The lowest BCUT2D eigenvalue weighted by atomic mass is 9.69. The molecule has 0 saturated carbocycles. The molecule has 0 radical (unpaired) electrons. The van der Waals surface area contributed by atoms with Crippen molar-refractivity contribution in [1.29, 1.82) is 0 Å². The number of alkyl halides is 1. The van der Waals surface area contributed by atoms with Crippen LogP contribution in [0.2, 0.25) is 0 Å². The molecule has 1 N–H and O–H groups in total. The van der Waals surface area contributed by atoms with E-state index in [1.54, 1.807) is 41.2 Å². The number of piperidine rings is 1. The molecule has 0 unspecified atom stereocenters. The molecule has 6 rings (SSSR count). The van der Waals surface area contributed by atoms with Crippen LogP contribution in [0.3, 0.4) is 0 Å². The number of carboxylic acid groups (broad SMARTS) is 1. The molecule has 198 valence electrons. The average molecular weight is 541 g/mol. The molecule has 1 aromatic heterocycles. The van der Waals surface area contributed by atoms with E-state index in [0.717, 1.165) is 0 Å². The molecular weight excluding hydrogens is 514 g/mol. The van der Waals surface area contributed by atoms with Gasteiger partial charge in [-0.2, -0.15) is 9.40 Å². The summed E-state index contributed by atoms with van der Waals surface area (Å²) in [6, 6.07) is 12.3. The normalized spacial score (nSPS) is 23.6. The third-order valence-electron chi connectivity index (χ3n) is 7.81. The Morgan fingerprint density at radius 1 is 1.11 bits per heavy atom. The zero-order chi connectivity index (χ0) is 26.7. The zero-order valence-corrected chi connectivity index (χ0v) is 21.2. The van der Waals surface area contributed by atoms with Crippen LogP contribution in [0.15, 0.2) is 65.2 Å². The summed E-state index contributed by atoms with van der Waals surface area (Å²) < 4.78 is 57.4. The summed E-state index contributed by atoms with van der Waals surface area (Å²) in [7, 11) is -4.00. The highest BCUT2D eigenvalue weighted by Gasteiger charge is 2.51.